The fourth-order valence-electron chi connectivity index (χ4n) is 0.283. The van der Waals surface area contributed by atoms with E-state index in [1.54, 1.807) is 0 Å². The van der Waals surface area contributed by atoms with Gasteiger partial charge in [-0.15, -0.1) is 12.4 Å². The Morgan fingerprint density at radius 3 is 2.62 bits per heavy atom. The van der Waals surface area contributed by atoms with Gasteiger partial charge in [0.25, 0.3) is 0 Å². The summed E-state index contributed by atoms with van der Waals surface area (Å²) in [5.41, 5.74) is 0. The first-order valence-electron chi connectivity index (χ1n) is 2.45. The fraction of sp³-hybridized carbons (Fsp3) is 0.800. The molecule has 0 aromatic carbocycles. The van der Waals surface area contributed by atoms with Crippen LogP contribution in [0.15, 0.2) is 4.99 Å². The monoisotopic (exact) mass is 135 g/mol. The van der Waals surface area contributed by atoms with Gasteiger partial charge in [-0.1, -0.05) is 13.3 Å². The number of hydrogen-bond acceptors (Lipinski definition) is 2. The molecule has 0 saturated carbocycles. The van der Waals surface area contributed by atoms with Gasteiger partial charge in [0.05, 0.1) is 6.54 Å². The molecule has 3 heteroatoms. The predicted octanol–water partition coefficient (Wildman–Crippen LogP) is 1.54. The van der Waals surface area contributed by atoms with E-state index in [0.717, 1.165) is 12.8 Å². The van der Waals surface area contributed by atoms with Gasteiger partial charge in [0.2, 0.25) is 6.08 Å². The van der Waals surface area contributed by atoms with Crippen LogP contribution in [0.25, 0.3) is 0 Å². The number of aliphatic imine (C=N–C) groups is 1. The molecule has 0 aromatic heterocycles. The van der Waals surface area contributed by atoms with E-state index in [4.69, 9.17) is 0 Å². The number of halogens is 1. The molecular formula is C5H10ClNO. The molecule has 0 atom stereocenters. The summed E-state index contributed by atoms with van der Waals surface area (Å²) in [6, 6.07) is 0. The van der Waals surface area contributed by atoms with Crippen molar-refractivity contribution in [2.75, 3.05) is 6.54 Å². The lowest BCUT2D eigenvalue weighted by Gasteiger charge is -1.80. The quantitative estimate of drug-likeness (QED) is 0.328. The SMILES string of the molecule is CCCCN=C=O.Cl. The van der Waals surface area contributed by atoms with Crippen molar-refractivity contribution in [1.29, 1.82) is 0 Å². The van der Waals surface area contributed by atoms with Gasteiger partial charge in [-0.3, -0.25) is 0 Å². The molecule has 0 aliphatic rings. The van der Waals surface area contributed by atoms with Crippen molar-refractivity contribution in [2.45, 2.75) is 19.8 Å². The van der Waals surface area contributed by atoms with Crippen molar-refractivity contribution in [3.63, 3.8) is 0 Å². The van der Waals surface area contributed by atoms with Crippen LogP contribution in [0.1, 0.15) is 19.8 Å². The Kier molecular flexibility index (Phi) is 13.0. The third kappa shape index (κ3) is 9.18. The van der Waals surface area contributed by atoms with Crippen LogP contribution in [0.2, 0.25) is 0 Å². The van der Waals surface area contributed by atoms with Crippen LogP contribution in [0.3, 0.4) is 0 Å². The smallest absolute Gasteiger partial charge is 0.211 e. The van der Waals surface area contributed by atoms with Crippen LogP contribution >= 0.6 is 12.4 Å². The highest BCUT2D eigenvalue weighted by Crippen LogP contribution is 1.83. The van der Waals surface area contributed by atoms with Crippen molar-refractivity contribution >= 4 is 18.5 Å². The molecule has 0 spiro atoms. The van der Waals surface area contributed by atoms with Gasteiger partial charge in [-0.05, 0) is 6.42 Å². The van der Waals surface area contributed by atoms with Gasteiger partial charge >= 0.3 is 0 Å². The number of carbonyl (C=O) groups excluding carboxylic acids is 1. The Labute approximate surface area is 55.4 Å². The second kappa shape index (κ2) is 9.83. The number of isocyanates is 1. The fourth-order valence-corrected chi connectivity index (χ4v) is 0.283. The zero-order valence-corrected chi connectivity index (χ0v) is 5.70. The number of unbranched alkanes of at least 4 members (excludes halogenated alkanes) is 1. The Balaban J connectivity index is 0. The van der Waals surface area contributed by atoms with Crippen molar-refractivity contribution in [2.24, 2.45) is 4.99 Å². The highest BCUT2D eigenvalue weighted by molar-refractivity contribution is 5.85. The van der Waals surface area contributed by atoms with Gasteiger partial charge in [0.1, 0.15) is 0 Å². The molecule has 0 bridgehead atoms. The Morgan fingerprint density at radius 2 is 2.25 bits per heavy atom. The van der Waals surface area contributed by atoms with E-state index in [1.807, 2.05) is 0 Å². The maximum atomic E-state index is 9.39. The van der Waals surface area contributed by atoms with Gasteiger partial charge in [0.15, 0.2) is 0 Å². The van der Waals surface area contributed by atoms with Crippen LogP contribution in [0.4, 0.5) is 0 Å². The third-order valence-corrected chi connectivity index (χ3v) is 0.688. The van der Waals surface area contributed by atoms with E-state index in [-0.39, 0.29) is 12.4 Å². The molecule has 0 unspecified atom stereocenters. The highest BCUT2D eigenvalue weighted by Gasteiger charge is 1.74. The van der Waals surface area contributed by atoms with Crippen LogP contribution in [-0.2, 0) is 4.79 Å². The van der Waals surface area contributed by atoms with E-state index < -0.39 is 0 Å². The zero-order valence-electron chi connectivity index (χ0n) is 4.89. The van der Waals surface area contributed by atoms with Gasteiger partial charge < -0.3 is 0 Å². The van der Waals surface area contributed by atoms with Crippen LogP contribution in [0.5, 0.6) is 0 Å². The molecular weight excluding hydrogens is 126 g/mol. The number of hydrogen-bond donors (Lipinski definition) is 0. The molecule has 0 N–H and O–H groups in total. The molecule has 0 amide bonds. The molecule has 0 rings (SSSR count). The van der Waals surface area contributed by atoms with Crippen molar-refractivity contribution in [1.82, 2.24) is 0 Å². The highest BCUT2D eigenvalue weighted by atomic mass is 35.5. The molecule has 8 heavy (non-hydrogen) atoms. The average Bonchev–Trinajstić information content (AvgIpc) is 1.69. The lowest BCUT2D eigenvalue weighted by molar-refractivity contribution is 0.562. The van der Waals surface area contributed by atoms with Crippen LogP contribution in [0, 0.1) is 0 Å². The summed E-state index contributed by atoms with van der Waals surface area (Å²) in [6.07, 6.45) is 3.56. The lowest BCUT2D eigenvalue weighted by atomic mass is 10.3. The third-order valence-electron chi connectivity index (χ3n) is 0.688. The molecule has 0 aliphatic heterocycles. The van der Waals surface area contributed by atoms with E-state index in [9.17, 15) is 4.79 Å². The summed E-state index contributed by atoms with van der Waals surface area (Å²) >= 11 is 0. The Hall–Kier alpha value is -0.330. The van der Waals surface area contributed by atoms with E-state index >= 15 is 0 Å². The average molecular weight is 136 g/mol. The Morgan fingerprint density at radius 1 is 1.62 bits per heavy atom. The topological polar surface area (TPSA) is 29.4 Å². The van der Waals surface area contributed by atoms with Crippen molar-refractivity contribution < 1.29 is 4.79 Å². The Bertz CT molecular complexity index is 78.5. The van der Waals surface area contributed by atoms with E-state index in [0.29, 0.717) is 6.54 Å². The van der Waals surface area contributed by atoms with Crippen molar-refractivity contribution in [3.05, 3.63) is 0 Å². The second-order valence-corrected chi connectivity index (χ2v) is 1.33. The predicted molar refractivity (Wildman–Crippen MR) is 35.1 cm³/mol. The molecule has 0 heterocycles. The van der Waals surface area contributed by atoms with Gasteiger partial charge in [-0.25, -0.2) is 9.79 Å². The molecule has 48 valence electrons. The minimum Gasteiger partial charge on any atom is -0.211 e. The molecule has 0 aliphatic carbocycles. The summed E-state index contributed by atoms with van der Waals surface area (Å²) in [7, 11) is 0. The van der Waals surface area contributed by atoms with Crippen LogP contribution < -0.4 is 0 Å². The maximum absolute atomic E-state index is 9.39. The van der Waals surface area contributed by atoms with E-state index in [2.05, 4.69) is 11.9 Å². The first-order valence-corrected chi connectivity index (χ1v) is 2.45. The summed E-state index contributed by atoms with van der Waals surface area (Å²) < 4.78 is 0. The number of nitrogens with zero attached hydrogens (tertiary/aromatic N) is 1. The minimum absolute atomic E-state index is 0. The minimum atomic E-state index is 0. The molecule has 2 nitrogen and oxygen atoms in total. The molecule has 0 aromatic rings. The largest absolute Gasteiger partial charge is 0.234 e. The zero-order chi connectivity index (χ0) is 5.54. The molecule has 0 radical (unpaired) electrons. The maximum Gasteiger partial charge on any atom is 0.234 e. The second-order valence-electron chi connectivity index (χ2n) is 1.33. The molecule has 0 fully saturated rings. The van der Waals surface area contributed by atoms with Gasteiger partial charge in [-0.2, -0.15) is 0 Å². The first-order chi connectivity index (χ1) is 3.41. The summed E-state index contributed by atoms with van der Waals surface area (Å²) in [5, 5.41) is 0. The normalized spacial score (nSPS) is 6.62. The summed E-state index contributed by atoms with van der Waals surface area (Å²) in [5.74, 6) is 0. The van der Waals surface area contributed by atoms with Crippen molar-refractivity contribution in [3.8, 4) is 0 Å². The van der Waals surface area contributed by atoms with Crippen LogP contribution in [-0.4, -0.2) is 12.6 Å². The van der Waals surface area contributed by atoms with Gasteiger partial charge in [0, 0.05) is 0 Å². The standard InChI is InChI=1S/C5H9NO.ClH/c1-2-3-4-6-5-7;/h2-4H2,1H3;1H. The molecule has 0 saturated heterocycles. The first kappa shape index (κ1) is 10.6. The lowest BCUT2D eigenvalue weighted by Crippen LogP contribution is -1.74. The summed E-state index contributed by atoms with van der Waals surface area (Å²) in [6.45, 7) is 2.69. The number of rotatable bonds is 3. The summed E-state index contributed by atoms with van der Waals surface area (Å²) in [4.78, 5) is 12.7. The van der Waals surface area contributed by atoms with E-state index in [1.165, 1.54) is 6.08 Å².